The third-order valence-corrected chi connectivity index (χ3v) is 2.93. The molecule has 1 heterocycles. The van der Waals surface area contributed by atoms with Crippen molar-refractivity contribution in [1.82, 2.24) is 4.57 Å². The highest BCUT2D eigenvalue weighted by Gasteiger charge is 2.31. The molecule has 2 rings (SSSR count). The van der Waals surface area contributed by atoms with Crippen molar-refractivity contribution in [3.05, 3.63) is 40.1 Å². The molecule has 0 aliphatic carbocycles. The van der Waals surface area contributed by atoms with Gasteiger partial charge in [0.1, 0.15) is 5.75 Å². The number of aryl methyl sites for hydroxylation is 1. The molecule has 0 bridgehead atoms. The summed E-state index contributed by atoms with van der Waals surface area (Å²) in [7, 11) is 0. The average molecular weight is 274 g/mol. The van der Waals surface area contributed by atoms with Gasteiger partial charge in [-0.05, 0) is 19.1 Å². The van der Waals surface area contributed by atoms with Gasteiger partial charge in [-0.2, -0.15) is 0 Å². The standard InChI is InChI=1S/C11H9F3N2OS/c1-7-6-16(10(15)18-7)8-3-2-4-9(5-8)17-11(12,13)14/h2-6,15H,1H3. The second kappa shape index (κ2) is 4.49. The number of rotatable bonds is 2. The van der Waals surface area contributed by atoms with Gasteiger partial charge in [-0.15, -0.1) is 24.5 Å². The number of nitrogens with one attached hydrogen (secondary N) is 1. The molecule has 0 atom stereocenters. The van der Waals surface area contributed by atoms with Crippen LogP contribution in [0.3, 0.4) is 0 Å². The second-order valence-corrected chi connectivity index (χ2v) is 4.80. The Morgan fingerprint density at radius 1 is 1.33 bits per heavy atom. The number of thiazole rings is 1. The van der Waals surface area contributed by atoms with Gasteiger partial charge in [-0.3, -0.25) is 9.98 Å². The van der Waals surface area contributed by atoms with Crippen molar-refractivity contribution >= 4 is 11.3 Å². The minimum absolute atomic E-state index is 0.247. The fourth-order valence-electron chi connectivity index (χ4n) is 1.49. The van der Waals surface area contributed by atoms with E-state index in [2.05, 4.69) is 4.74 Å². The van der Waals surface area contributed by atoms with Crippen molar-refractivity contribution in [2.75, 3.05) is 0 Å². The van der Waals surface area contributed by atoms with Crippen LogP contribution in [0.4, 0.5) is 13.2 Å². The Balaban J connectivity index is 2.39. The first-order valence-electron chi connectivity index (χ1n) is 4.95. The zero-order valence-electron chi connectivity index (χ0n) is 9.28. The summed E-state index contributed by atoms with van der Waals surface area (Å²) in [5.41, 5.74) is 0.464. The summed E-state index contributed by atoms with van der Waals surface area (Å²) < 4.78 is 41.6. The van der Waals surface area contributed by atoms with Gasteiger partial charge in [0.2, 0.25) is 0 Å². The Morgan fingerprint density at radius 3 is 2.61 bits per heavy atom. The number of benzene rings is 1. The van der Waals surface area contributed by atoms with Crippen LogP contribution in [0.15, 0.2) is 30.5 Å². The van der Waals surface area contributed by atoms with E-state index in [1.165, 1.54) is 34.1 Å². The van der Waals surface area contributed by atoms with Crippen LogP contribution in [0.5, 0.6) is 5.75 Å². The molecule has 0 amide bonds. The van der Waals surface area contributed by atoms with E-state index in [0.717, 1.165) is 4.88 Å². The largest absolute Gasteiger partial charge is 0.573 e. The van der Waals surface area contributed by atoms with E-state index in [0.29, 0.717) is 5.69 Å². The number of nitrogens with zero attached hydrogens (tertiary/aromatic N) is 1. The summed E-state index contributed by atoms with van der Waals surface area (Å²) >= 11 is 1.25. The molecular formula is C11H9F3N2OS. The van der Waals surface area contributed by atoms with Crippen LogP contribution in [0.2, 0.25) is 0 Å². The molecule has 1 aromatic heterocycles. The first kappa shape index (κ1) is 12.7. The molecular weight excluding hydrogens is 265 g/mol. The van der Waals surface area contributed by atoms with Crippen molar-refractivity contribution in [3.8, 4) is 11.4 Å². The fraction of sp³-hybridized carbons (Fsp3) is 0.182. The monoisotopic (exact) mass is 274 g/mol. The van der Waals surface area contributed by atoms with E-state index in [-0.39, 0.29) is 10.6 Å². The molecule has 96 valence electrons. The van der Waals surface area contributed by atoms with Crippen LogP contribution in [0.1, 0.15) is 4.88 Å². The minimum Gasteiger partial charge on any atom is -0.406 e. The lowest BCUT2D eigenvalue weighted by atomic mass is 10.3. The summed E-state index contributed by atoms with van der Waals surface area (Å²) in [6, 6.07) is 5.54. The van der Waals surface area contributed by atoms with Gasteiger partial charge < -0.3 is 4.74 Å². The van der Waals surface area contributed by atoms with Crippen LogP contribution in [0.25, 0.3) is 5.69 Å². The van der Waals surface area contributed by atoms with Crippen LogP contribution in [0, 0.1) is 12.3 Å². The fourth-order valence-corrected chi connectivity index (χ4v) is 2.21. The van der Waals surface area contributed by atoms with E-state index in [9.17, 15) is 13.2 Å². The third kappa shape index (κ3) is 2.92. The highest BCUT2D eigenvalue weighted by Crippen LogP contribution is 2.24. The van der Waals surface area contributed by atoms with Crippen molar-refractivity contribution in [2.24, 2.45) is 0 Å². The first-order valence-corrected chi connectivity index (χ1v) is 5.77. The van der Waals surface area contributed by atoms with Gasteiger partial charge in [0, 0.05) is 17.1 Å². The predicted molar refractivity (Wildman–Crippen MR) is 60.9 cm³/mol. The molecule has 0 aliphatic rings. The molecule has 0 saturated heterocycles. The molecule has 1 N–H and O–H groups in total. The lowest BCUT2D eigenvalue weighted by Crippen LogP contribution is -2.17. The molecule has 7 heteroatoms. The second-order valence-electron chi connectivity index (χ2n) is 3.56. The molecule has 0 fully saturated rings. The highest BCUT2D eigenvalue weighted by molar-refractivity contribution is 7.09. The van der Waals surface area contributed by atoms with Gasteiger partial charge in [-0.25, -0.2) is 0 Å². The van der Waals surface area contributed by atoms with Crippen LogP contribution in [-0.2, 0) is 0 Å². The SMILES string of the molecule is Cc1cn(-c2cccc(OC(F)(F)F)c2)c(=N)s1. The smallest absolute Gasteiger partial charge is 0.406 e. The van der Waals surface area contributed by atoms with E-state index >= 15 is 0 Å². The number of alkyl halides is 3. The van der Waals surface area contributed by atoms with E-state index in [4.69, 9.17) is 5.41 Å². The zero-order chi connectivity index (χ0) is 13.3. The van der Waals surface area contributed by atoms with Crippen molar-refractivity contribution in [2.45, 2.75) is 13.3 Å². The Labute approximate surface area is 105 Å². The first-order chi connectivity index (χ1) is 8.35. The molecule has 2 aromatic rings. The minimum atomic E-state index is -4.71. The van der Waals surface area contributed by atoms with E-state index in [1.54, 1.807) is 12.3 Å². The third-order valence-electron chi connectivity index (χ3n) is 2.12. The number of ether oxygens (including phenoxy) is 1. The van der Waals surface area contributed by atoms with Crippen LogP contribution < -0.4 is 9.54 Å². The highest BCUT2D eigenvalue weighted by atomic mass is 32.1. The Morgan fingerprint density at radius 2 is 2.06 bits per heavy atom. The van der Waals surface area contributed by atoms with Crippen molar-refractivity contribution in [3.63, 3.8) is 0 Å². The van der Waals surface area contributed by atoms with Gasteiger partial charge >= 0.3 is 6.36 Å². The molecule has 18 heavy (non-hydrogen) atoms. The quantitative estimate of drug-likeness (QED) is 0.897. The molecule has 0 spiro atoms. The van der Waals surface area contributed by atoms with Crippen LogP contribution >= 0.6 is 11.3 Å². The zero-order valence-corrected chi connectivity index (χ0v) is 10.1. The topological polar surface area (TPSA) is 38.0 Å². The number of hydrogen-bond donors (Lipinski definition) is 1. The summed E-state index contributed by atoms with van der Waals surface area (Å²) in [6.45, 7) is 1.83. The Hall–Kier alpha value is -1.76. The summed E-state index contributed by atoms with van der Waals surface area (Å²) in [6.07, 6.45) is -3.02. The Kier molecular flexibility index (Phi) is 3.16. The van der Waals surface area contributed by atoms with Gasteiger partial charge in [0.25, 0.3) is 0 Å². The molecule has 0 radical (unpaired) electrons. The maximum Gasteiger partial charge on any atom is 0.573 e. The Bertz CT molecular complexity index is 615. The molecule has 0 saturated carbocycles. The van der Waals surface area contributed by atoms with Gasteiger partial charge in [-0.1, -0.05) is 6.07 Å². The van der Waals surface area contributed by atoms with Crippen LogP contribution in [-0.4, -0.2) is 10.9 Å². The lowest BCUT2D eigenvalue weighted by molar-refractivity contribution is -0.274. The number of hydrogen-bond acceptors (Lipinski definition) is 3. The van der Waals surface area contributed by atoms with Gasteiger partial charge in [0.05, 0.1) is 5.69 Å². The number of aromatic nitrogens is 1. The number of halogens is 3. The summed E-state index contributed by atoms with van der Waals surface area (Å²) in [4.78, 5) is 1.15. The normalized spacial score (nSPS) is 11.6. The molecule has 1 aromatic carbocycles. The molecule has 0 unspecified atom stereocenters. The van der Waals surface area contributed by atoms with E-state index in [1.807, 2.05) is 6.92 Å². The van der Waals surface area contributed by atoms with Gasteiger partial charge in [0.15, 0.2) is 4.80 Å². The molecule has 0 aliphatic heterocycles. The average Bonchev–Trinajstić information content (AvgIpc) is 2.55. The van der Waals surface area contributed by atoms with E-state index < -0.39 is 6.36 Å². The summed E-state index contributed by atoms with van der Waals surface area (Å²) in [5, 5.41) is 7.70. The van der Waals surface area contributed by atoms with Crippen molar-refractivity contribution in [1.29, 1.82) is 5.41 Å². The summed E-state index contributed by atoms with van der Waals surface area (Å²) in [5.74, 6) is -0.296. The maximum atomic E-state index is 12.1. The lowest BCUT2D eigenvalue weighted by Gasteiger charge is -2.10. The van der Waals surface area contributed by atoms with Crippen molar-refractivity contribution < 1.29 is 17.9 Å². The maximum absolute atomic E-state index is 12.1. The predicted octanol–water partition coefficient (Wildman–Crippen LogP) is 3.23. The molecule has 3 nitrogen and oxygen atoms in total.